The highest BCUT2D eigenvalue weighted by Gasteiger charge is 2.22. The second-order valence-electron chi connectivity index (χ2n) is 2.57. The van der Waals surface area contributed by atoms with Crippen molar-refractivity contribution < 1.29 is 0 Å². The number of hydrogen-bond acceptors (Lipinski definition) is 3. The average molecular weight is 144 g/mol. The summed E-state index contributed by atoms with van der Waals surface area (Å²) < 4.78 is 0. The predicted molar refractivity (Wildman–Crippen MR) is 42.8 cm³/mol. The Hall–Kier alpha value is -0.0200. The molecule has 0 radical (unpaired) electrons. The van der Waals surface area contributed by atoms with E-state index in [1.165, 1.54) is 0 Å². The lowest BCUT2D eigenvalue weighted by Gasteiger charge is -2.26. The first-order chi connectivity index (χ1) is 4.10. The molecule has 1 aliphatic rings. The minimum atomic E-state index is -0.0637. The van der Waals surface area contributed by atoms with Crippen molar-refractivity contribution >= 4 is 16.8 Å². The zero-order valence-electron chi connectivity index (χ0n) is 5.85. The van der Waals surface area contributed by atoms with Crippen molar-refractivity contribution in [3.8, 4) is 0 Å². The molecule has 0 amide bonds. The Bertz CT molecular complexity index is 140. The van der Waals surface area contributed by atoms with Crippen LogP contribution in [0.2, 0.25) is 0 Å². The van der Waals surface area contributed by atoms with E-state index in [0.717, 1.165) is 18.0 Å². The van der Waals surface area contributed by atoms with E-state index in [4.69, 9.17) is 5.73 Å². The maximum atomic E-state index is 5.85. The van der Waals surface area contributed by atoms with Gasteiger partial charge in [0.2, 0.25) is 0 Å². The molecule has 1 aliphatic heterocycles. The van der Waals surface area contributed by atoms with Crippen LogP contribution in [0.1, 0.15) is 20.3 Å². The van der Waals surface area contributed by atoms with Crippen LogP contribution in [-0.4, -0.2) is 16.5 Å². The van der Waals surface area contributed by atoms with Crippen LogP contribution in [0.25, 0.3) is 0 Å². The lowest BCUT2D eigenvalue weighted by atomic mass is 10.2. The molecule has 52 valence electrons. The lowest BCUT2D eigenvalue weighted by Crippen LogP contribution is -2.36. The van der Waals surface area contributed by atoms with E-state index in [9.17, 15) is 0 Å². The summed E-state index contributed by atoms with van der Waals surface area (Å²) in [6, 6.07) is 0. The van der Waals surface area contributed by atoms with Gasteiger partial charge in [-0.05, 0) is 20.3 Å². The molecule has 0 bridgehead atoms. The predicted octanol–water partition coefficient (Wildman–Crippen LogP) is 1.22. The van der Waals surface area contributed by atoms with Gasteiger partial charge in [0.25, 0.3) is 0 Å². The molecule has 1 heterocycles. The van der Waals surface area contributed by atoms with Crippen molar-refractivity contribution in [2.45, 2.75) is 25.1 Å². The van der Waals surface area contributed by atoms with Gasteiger partial charge in [-0.1, -0.05) is 11.8 Å². The fourth-order valence-corrected chi connectivity index (χ4v) is 1.88. The van der Waals surface area contributed by atoms with E-state index in [0.29, 0.717) is 0 Å². The van der Waals surface area contributed by atoms with Gasteiger partial charge >= 0.3 is 0 Å². The molecule has 2 nitrogen and oxygen atoms in total. The number of hydrogen-bond donors (Lipinski definition) is 1. The molecule has 2 N–H and O–H groups in total. The first-order valence-corrected chi connectivity index (χ1v) is 3.91. The number of nitrogens with two attached hydrogens (primary N) is 1. The third-order valence-electron chi connectivity index (χ3n) is 1.32. The first-order valence-electron chi connectivity index (χ1n) is 3.09. The fourth-order valence-electron chi connectivity index (χ4n) is 0.856. The molecule has 0 spiro atoms. The molecular formula is C6H12N2S. The van der Waals surface area contributed by atoms with Crippen LogP contribution in [0.15, 0.2) is 4.99 Å². The molecule has 3 heteroatoms. The van der Waals surface area contributed by atoms with Gasteiger partial charge in [-0.2, -0.15) is 0 Å². The third kappa shape index (κ3) is 1.99. The monoisotopic (exact) mass is 144 g/mol. The summed E-state index contributed by atoms with van der Waals surface area (Å²) in [5.41, 5.74) is 5.85. The highest BCUT2D eigenvalue weighted by atomic mass is 32.2. The van der Waals surface area contributed by atoms with Crippen molar-refractivity contribution in [2.24, 2.45) is 10.7 Å². The van der Waals surface area contributed by atoms with E-state index in [1.54, 1.807) is 11.8 Å². The molecule has 0 saturated heterocycles. The molecular weight excluding hydrogens is 132 g/mol. The minimum absolute atomic E-state index is 0.0637. The van der Waals surface area contributed by atoms with E-state index in [2.05, 4.69) is 11.9 Å². The summed E-state index contributed by atoms with van der Waals surface area (Å²) in [5, 5.41) is 1.12. The van der Waals surface area contributed by atoms with Crippen LogP contribution in [0.5, 0.6) is 0 Å². The standard InChI is InChI=1S/C6H12N2S/c1-5-8-4-3-6(2,7)9-5/h3-4,7H2,1-2H3. The Labute approximate surface area is 59.9 Å². The van der Waals surface area contributed by atoms with Gasteiger partial charge in [-0.3, -0.25) is 4.99 Å². The lowest BCUT2D eigenvalue weighted by molar-refractivity contribution is 0.618. The van der Waals surface area contributed by atoms with E-state index in [1.807, 2.05) is 6.92 Å². The summed E-state index contributed by atoms with van der Waals surface area (Å²) in [6.07, 6.45) is 0.995. The third-order valence-corrected chi connectivity index (χ3v) is 2.42. The van der Waals surface area contributed by atoms with Crippen molar-refractivity contribution in [3.05, 3.63) is 0 Å². The average Bonchev–Trinajstić information content (AvgIpc) is 1.60. The van der Waals surface area contributed by atoms with Gasteiger partial charge in [-0.25, -0.2) is 0 Å². The molecule has 0 aromatic carbocycles. The Morgan fingerprint density at radius 3 is 2.78 bits per heavy atom. The topological polar surface area (TPSA) is 38.4 Å². The highest BCUT2D eigenvalue weighted by molar-refractivity contribution is 8.15. The zero-order valence-corrected chi connectivity index (χ0v) is 6.66. The minimum Gasteiger partial charge on any atom is -0.317 e. The quantitative estimate of drug-likeness (QED) is 0.555. The molecule has 1 atom stereocenters. The van der Waals surface area contributed by atoms with Crippen molar-refractivity contribution in [1.29, 1.82) is 0 Å². The van der Waals surface area contributed by atoms with Gasteiger partial charge in [0.05, 0.1) is 9.91 Å². The summed E-state index contributed by atoms with van der Waals surface area (Å²) in [5.74, 6) is 0. The SMILES string of the molecule is CC1=NCCC(C)(N)S1. The molecule has 1 unspecified atom stereocenters. The number of thioether (sulfide) groups is 1. The molecule has 0 aromatic rings. The summed E-state index contributed by atoms with van der Waals surface area (Å²) in [4.78, 5) is 4.16. The van der Waals surface area contributed by atoms with E-state index < -0.39 is 0 Å². The fraction of sp³-hybridized carbons (Fsp3) is 0.833. The molecule has 0 aromatic heterocycles. The van der Waals surface area contributed by atoms with Gasteiger partial charge in [0.15, 0.2) is 0 Å². The molecule has 9 heavy (non-hydrogen) atoms. The first kappa shape index (κ1) is 7.09. The molecule has 0 saturated carbocycles. The number of rotatable bonds is 0. The summed E-state index contributed by atoms with van der Waals surface area (Å²) in [7, 11) is 0. The van der Waals surface area contributed by atoms with Crippen molar-refractivity contribution in [2.75, 3.05) is 6.54 Å². The Morgan fingerprint density at radius 2 is 2.44 bits per heavy atom. The van der Waals surface area contributed by atoms with Gasteiger partial charge < -0.3 is 5.73 Å². The summed E-state index contributed by atoms with van der Waals surface area (Å²) >= 11 is 1.67. The summed E-state index contributed by atoms with van der Waals surface area (Å²) in [6.45, 7) is 4.95. The van der Waals surface area contributed by atoms with E-state index >= 15 is 0 Å². The maximum absolute atomic E-state index is 5.85. The van der Waals surface area contributed by atoms with Crippen LogP contribution >= 0.6 is 11.8 Å². The van der Waals surface area contributed by atoms with Crippen LogP contribution < -0.4 is 5.73 Å². The Balaban J connectivity index is 2.59. The Kier molecular flexibility index (Phi) is 1.82. The normalized spacial score (nSPS) is 36.1. The van der Waals surface area contributed by atoms with Gasteiger partial charge in [-0.15, -0.1) is 0 Å². The van der Waals surface area contributed by atoms with Crippen molar-refractivity contribution in [1.82, 2.24) is 0 Å². The van der Waals surface area contributed by atoms with Gasteiger partial charge in [0.1, 0.15) is 0 Å². The largest absolute Gasteiger partial charge is 0.317 e. The second-order valence-corrected chi connectivity index (χ2v) is 4.29. The molecule has 0 fully saturated rings. The van der Waals surface area contributed by atoms with Crippen LogP contribution in [-0.2, 0) is 0 Å². The highest BCUT2D eigenvalue weighted by Crippen LogP contribution is 2.27. The molecule has 0 aliphatic carbocycles. The second kappa shape index (κ2) is 2.31. The number of aliphatic imine (C=N–C) groups is 1. The van der Waals surface area contributed by atoms with Crippen LogP contribution in [0.4, 0.5) is 0 Å². The number of nitrogens with zero attached hydrogens (tertiary/aromatic N) is 1. The Morgan fingerprint density at radius 1 is 1.78 bits per heavy atom. The zero-order chi connectivity index (χ0) is 6.91. The van der Waals surface area contributed by atoms with Gasteiger partial charge in [0, 0.05) is 6.54 Å². The van der Waals surface area contributed by atoms with Crippen LogP contribution in [0.3, 0.4) is 0 Å². The van der Waals surface area contributed by atoms with Crippen LogP contribution in [0, 0.1) is 0 Å². The van der Waals surface area contributed by atoms with Crippen molar-refractivity contribution in [3.63, 3.8) is 0 Å². The molecule has 1 rings (SSSR count). The smallest absolute Gasteiger partial charge is 0.0667 e. The maximum Gasteiger partial charge on any atom is 0.0667 e. The van der Waals surface area contributed by atoms with E-state index in [-0.39, 0.29) is 4.87 Å².